The first-order valence-corrected chi connectivity index (χ1v) is 8.18. The highest BCUT2D eigenvalue weighted by Crippen LogP contribution is 2.18. The lowest BCUT2D eigenvalue weighted by atomic mass is 10.0. The SMILES string of the molecule is CC(C)(C)OC(=O)C(=[N+]=[N-])[C@@H](NC(=O)c1ccccc1)c1ccccc1. The molecule has 2 aromatic rings. The molecule has 2 rings (SSSR count). The number of carbonyl (C=O) groups excluding carboxylic acids is 2. The van der Waals surface area contributed by atoms with Gasteiger partial charge in [-0.25, -0.2) is 4.79 Å². The van der Waals surface area contributed by atoms with Crippen molar-refractivity contribution in [3.63, 3.8) is 0 Å². The largest absolute Gasteiger partial charge is 0.451 e. The zero-order chi connectivity index (χ0) is 19.2. The van der Waals surface area contributed by atoms with Crippen molar-refractivity contribution in [3.05, 3.63) is 77.3 Å². The molecule has 1 atom stereocenters. The average Bonchev–Trinajstić information content (AvgIpc) is 2.61. The molecule has 0 spiro atoms. The minimum atomic E-state index is -0.955. The summed E-state index contributed by atoms with van der Waals surface area (Å²) in [6, 6.07) is 16.4. The number of nitrogens with one attached hydrogen (secondary N) is 1. The standard InChI is InChI=1S/C20H21N3O3/c1-20(2,3)26-19(25)17(23-21)16(14-10-6-4-7-11-14)22-18(24)15-12-8-5-9-13-15/h4-13,16H,1-3H3,(H,22,24)/t16-/m0/s1. The van der Waals surface area contributed by atoms with E-state index < -0.39 is 23.5 Å². The van der Waals surface area contributed by atoms with Crippen molar-refractivity contribution in [2.24, 2.45) is 0 Å². The zero-order valence-corrected chi connectivity index (χ0v) is 15.0. The van der Waals surface area contributed by atoms with E-state index in [2.05, 4.69) is 10.1 Å². The maximum atomic E-state index is 12.6. The quantitative estimate of drug-likeness (QED) is 0.388. The van der Waals surface area contributed by atoms with E-state index in [1.165, 1.54) is 0 Å². The molecule has 0 aliphatic rings. The molecular formula is C20H21N3O3. The molecule has 6 nitrogen and oxygen atoms in total. The molecular weight excluding hydrogens is 330 g/mol. The van der Waals surface area contributed by atoms with Crippen LogP contribution in [-0.2, 0) is 9.53 Å². The van der Waals surface area contributed by atoms with Crippen molar-refractivity contribution in [2.45, 2.75) is 32.4 Å². The smallest absolute Gasteiger partial charge is 0.420 e. The molecule has 0 radical (unpaired) electrons. The lowest BCUT2D eigenvalue weighted by molar-refractivity contribution is -0.151. The minimum Gasteiger partial charge on any atom is -0.451 e. The predicted molar refractivity (Wildman–Crippen MR) is 97.6 cm³/mol. The number of hydrogen-bond donors (Lipinski definition) is 1. The summed E-state index contributed by atoms with van der Waals surface area (Å²) in [7, 11) is 0. The van der Waals surface area contributed by atoms with Crippen LogP contribution in [0.4, 0.5) is 0 Å². The van der Waals surface area contributed by atoms with Crippen molar-refractivity contribution >= 4 is 17.6 Å². The van der Waals surface area contributed by atoms with Gasteiger partial charge in [0.1, 0.15) is 5.60 Å². The molecule has 0 aliphatic heterocycles. The Morgan fingerprint density at radius 1 is 1.00 bits per heavy atom. The monoisotopic (exact) mass is 351 g/mol. The summed E-state index contributed by atoms with van der Waals surface area (Å²) in [6.07, 6.45) is 0. The van der Waals surface area contributed by atoms with Gasteiger partial charge in [-0.05, 0) is 38.5 Å². The molecule has 2 aromatic carbocycles. The summed E-state index contributed by atoms with van der Waals surface area (Å²) in [4.78, 5) is 28.1. The van der Waals surface area contributed by atoms with Crippen LogP contribution in [0.15, 0.2) is 60.7 Å². The summed E-state index contributed by atoms with van der Waals surface area (Å²) in [5, 5.41) is 2.74. The number of nitrogens with zero attached hydrogens (tertiary/aromatic N) is 2. The summed E-state index contributed by atoms with van der Waals surface area (Å²) in [5.41, 5.74) is 9.40. The van der Waals surface area contributed by atoms with Gasteiger partial charge < -0.3 is 15.6 Å². The number of ether oxygens (including phenoxy) is 1. The number of hydrogen-bond acceptors (Lipinski definition) is 3. The first-order valence-electron chi connectivity index (χ1n) is 8.18. The lowest BCUT2D eigenvalue weighted by Gasteiger charge is -2.20. The third-order valence-corrected chi connectivity index (χ3v) is 3.43. The molecule has 0 unspecified atom stereocenters. The Bertz CT molecular complexity index is 820. The van der Waals surface area contributed by atoms with Gasteiger partial charge in [-0.2, -0.15) is 4.79 Å². The van der Waals surface area contributed by atoms with E-state index in [1.807, 2.05) is 6.07 Å². The van der Waals surface area contributed by atoms with Crippen LogP contribution in [-0.4, -0.2) is 28.0 Å². The van der Waals surface area contributed by atoms with Gasteiger partial charge in [-0.1, -0.05) is 48.5 Å². The molecule has 0 heterocycles. The molecule has 0 bridgehead atoms. The summed E-state index contributed by atoms with van der Waals surface area (Å²) >= 11 is 0. The highest BCUT2D eigenvalue weighted by molar-refractivity contribution is 6.36. The molecule has 26 heavy (non-hydrogen) atoms. The van der Waals surface area contributed by atoms with Crippen LogP contribution in [0.2, 0.25) is 0 Å². The van der Waals surface area contributed by atoms with Crippen LogP contribution in [0.5, 0.6) is 0 Å². The number of carbonyl (C=O) groups is 2. The van der Waals surface area contributed by atoms with Gasteiger partial charge in [0, 0.05) is 5.56 Å². The van der Waals surface area contributed by atoms with Crippen LogP contribution < -0.4 is 5.32 Å². The second kappa shape index (κ2) is 8.23. The number of amides is 1. The number of rotatable bonds is 5. The van der Waals surface area contributed by atoms with Crippen molar-refractivity contribution in [1.29, 1.82) is 0 Å². The lowest BCUT2D eigenvalue weighted by Crippen LogP contribution is -2.40. The van der Waals surface area contributed by atoms with E-state index in [1.54, 1.807) is 75.4 Å². The van der Waals surface area contributed by atoms with E-state index in [0.717, 1.165) is 0 Å². The van der Waals surface area contributed by atoms with Crippen LogP contribution in [0.3, 0.4) is 0 Å². The molecule has 0 saturated heterocycles. The minimum absolute atomic E-state index is 0.296. The van der Waals surface area contributed by atoms with Crippen molar-refractivity contribution in [1.82, 2.24) is 5.32 Å². The van der Waals surface area contributed by atoms with Gasteiger partial charge >= 0.3 is 11.7 Å². The van der Waals surface area contributed by atoms with Gasteiger partial charge in [-0.15, -0.1) is 0 Å². The predicted octanol–water partition coefficient (Wildman–Crippen LogP) is 3.17. The van der Waals surface area contributed by atoms with Crippen molar-refractivity contribution in [3.8, 4) is 0 Å². The molecule has 6 heteroatoms. The Labute approximate surface area is 152 Å². The number of benzene rings is 2. The average molecular weight is 351 g/mol. The molecule has 1 N–H and O–H groups in total. The van der Waals surface area contributed by atoms with Gasteiger partial charge in [0.2, 0.25) is 0 Å². The first-order chi connectivity index (χ1) is 12.3. The van der Waals surface area contributed by atoms with Crippen LogP contribution in [0.25, 0.3) is 5.53 Å². The fourth-order valence-electron chi connectivity index (χ4n) is 2.31. The van der Waals surface area contributed by atoms with Crippen molar-refractivity contribution in [2.75, 3.05) is 0 Å². The number of esters is 1. The normalized spacial score (nSPS) is 11.8. The molecule has 134 valence electrons. The summed E-state index contributed by atoms with van der Waals surface area (Å²) in [5.74, 6) is -1.20. The summed E-state index contributed by atoms with van der Waals surface area (Å²) in [6.45, 7) is 5.12. The molecule has 0 fully saturated rings. The molecule has 0 aliphatic carbocycles. The third kappa shape index (κ3) is 5.13. The fraction of sp³-hybridized carbons (Fsp3) is 0.250. The Morgan fingerprint density at radius 3 is 2.04 bits per heavy atom. The molecule has 0 saturated carbocycles. The van der Waals surface area contributed by atoms with E-state index >= 15 is 0 Å². The Kier molecular flexibility index (Phi) is 6.04. The second-order valence-corrected chi connectivity index (χ2v) is 6.67. The van der Waals surface area contributed by atoms with E-state index in [0.29, 0.717) is 11.1 Å². The molecule has 1 amide bonds. The van der Waals surface area contributed by atoms with Crippen LogP contribution >= 0.6 is 0 Å². The van der Waals surface area contributed by atoms with E-state index in [-0.39, 0.29) is 5.71 Å². The van der Waals surface area contributed by atoms with E-state index in [4.69, 9.17) is 4.74 Å². The van der Waals surface area contributed by atoms with Gasteiger partial charge in [-0.3, -0.25) is 4.79 Å². The Morgan fingerprint density at radius 2 is 1.54 bits per heavy atom. The van der Waals surface area contributed by atoms with Gasteiger partial charge in [0.25, 0.3) is 5.91 Å². The summed E-state index contributed by atoms with van der Waals surface area (Å²) < 4.78 is 5.30. The Balaban J connectivity index is 2.36. The van der Waals surface area contributed by atoms with Crippen molar-refractivity contribution < 1.29 is 19.1 Å². The van der Waals surface area contributed by atoms with E-state index in [9.17, 15) is 15.1 Å². The highest BCUT2D eigenvalue weighted by Gasteiger charge is 2.37. The highest BCUT2D eigenvalue weighted by atomic mass is 16.6. The maximum Gasteiger partial charge on any atom is 0.420 e. The topological polar surface area (TPSA) is 91.8 Å². The first kappa shape index (κ1) is 19.1. The van der Waals surface area contributed by atoms with Gasteiger partial charge in [0.15, 0.2) is 6.04 Å². The Hall–Kier alpha value is -3.24. The third-order valence-electron chi connectivity index (χ3n) is 3.43. The second-order valence-electron chi connectivity index (χ2n) is 6.67. The molecule has 0 aromatic heterocycles. The van der Waals surface area contributed by atoms with Crippen LogP contribution in [0, 0.1) is 0 Å². The fourth-order valence-corrected chi connectivity index (χ4v) is 2.31. The zero-order valence-electron chi connectivity index (χ0n) is 15.0. The van der Waals surface area contributed by atoms with Crippen LogP contribution in [0.1, 0.15) is 42.7 Å². The van der Waals surface area contributed by atoms with Gasteiger partial charge in [0.05, 0.1) is 0 Å². The maximum absolute atomic E-state index is 12.6.